The van der Waals surface area contributed by atoms with Crippen molar-refractivity contribution >= 4 is 23.9 Å². The van der Waals surface area contributed by atoms with E-state index in [1.165, 1.54) is 30.2 Å². The van der Waals surface area contributed by atoms with Gasteiger partial charge in [-0.05, 0) is 42.2 Å². The van der Waals surface area contributed by atoms with Gasteiger partial charge < -0.3 is 19.3 Å². The molecule has 1 saturated heterocycles. The third kappa shape index (κ3) is 6.91. The van der Waals surface area contributed by atoms with Crippen LogP contribution < -0.4 is 4.74 Å². The summed E-state index contributed by atoms with van der Waals surface area (Å²) in [4.78, 5) is 40.2. The van der Waals surface area contributed by atoms with Crippen LogP contribution in [0.25, 0.3) is 6.08 Å². The van der Waals surface area contributed by atoms with Gasteiger partial charge in [-0.15, -0.1) is 0 Å². The SMILES string of the molecule is COc1ccc(CN(C)C(=O)COC(=O)C2CCN(C(=O)/C=C/c3ccccc3)CC2)cc1F. The Bertz CT molecular complexity index is 1030. The topological polar surface area (TPSA) is 76.2 Å². The summed E-state index contributed by atoms with van der Waals surface area (Å²) < 4.78 is 23.9. The molecule has 0 aromatic heterocycles. The van der Waals surface area contributed by atoms with E-state index < -0.39 is 11.8 Å². The van der Waals surface area contributed by atoms with Gasteiger partial charge in [0.2, 0.25) is 5.91 Å². The molecule has 1 heterocycles. The first-order chi connectivity index (χ1) is 16.4. The lowest BCUT2D eigenvalue weighted by atomic mass is 9.97. The molecule has 0 unspecified atom stereocenters. The number of piperidine rings is 1. The number of amides is 2. The van der Waals surface area contributed by atoms with Crippen LogP contribution in [0.3, 0.4) is 0 Å². The van der Waals surface area contributed by atoms with E-state index in [2.05, 4.69) is 0 Å². The number of carbonyl (C=O) groups is 3. The second kappa shape index (κ2) is 12.0. The van der Waals surface area contributed by atoms with Crippen LogP contribution >= 0.6 is 0 Å². The van der Waals surface area contributed by atoms with Gasteiger partial charge in [-0.2, -0.15) is 0 Å². The van der Waals surface area contributed by atoms with E-state index in [1.807, 2.05) is 30.3 Å². The Hall–Kier alpha value is -3.68. The summed E-state index contributed by atoms with van der Waals surface area (Å²) in [7, 11) is 2.94. The highest BCUT2D eigenvalue weighted by molar-refractivity contribution is 5.92. The number of hydrogen-bond acceptors (Lipinski definition) is 5. The first-order valence-corrected chi connectivity index (χ1v) is 11.1. The number of hydrogen-bond donors (Lipinski definition) is 0. The fourth-order valence-electron chi connectivity index (χ4n) is 3.70. The molecule has 7 nitrogen and oxygen atoms in total. The average molecular weight is 469 g/mol. The van der Waals surface area contributed by atoms with Gasteiger partial charge in [0.05, 0.1) is 13.0 Å². The number of likely N-dealkylation sites (N-methyl/N-ethyl adjacent to an activating group) is 1. The van der Waals surface area contributed by atoms with Crippen LogP contribution in [0.1, 0.15) is 24.0 Å². The van der Waals surface area contributed by atoms with E-state index in [0.29, 0.717) is 31.5 Å². The molecule has 1 aliphatic rings. The third-order valence-corrected chi connectivity index (χ3v) is 5.76. The minimum absolute atomic E-state index is 0.0950. The predicted octanol–water partition coefficient (Wildman–Crippen LogP) is 3.29. The van der Waals surface area contributed by atoms with Crippen molar-refractivity contribution in [2.45, 2.75) is 19.4 Å². The lowest BCUT2D eigenvalue weighted by Crippen LogP contribution is -2.40. The largest absolute Gasteiger partial charge is 0.494 e. The van der Waals surface area contributed by atoms with Gasteiger partial charge in [0.15, 0.2) is 18.2 Å². The van der Waals surface area contributed by atoms with Gasteiger partial charge in [-0.3, -0.25) is 14.4 Å². The van der Waals surface area contributed by atoms with Gasteiger partial charge >= 0.3 is 5.97 Å². The van der Waals surface area contributed by atoms with Crippen LogP contribution in [0, 0.1) is 11.7 Å². The number of rotatable bonds is 8. The standard InChI is InChI=1S/C26H29FN2O5/c1-28(17-20-8-10-23(33-2)22(27)16-20)25(31)18-34-26(32)21-12-14-29(15-13-21)24(30)11-9-19-6-4-3-5-7-19/h3-11,16,21H,12-15,17-18H2,1-2H3/b11-9+. The Labute approximate surface area is 198 Å². The van der Waals surface area contributed by atoms with Crippen LogP contribution in [-0.2, 0) is 25.7 Å². The molecule has 2 aromatic carbocycles. The summed E-state index contributed by atoms with van der Waals surface area (Å²) in [6.07, 6.45) is 4.28. The van der Waals surface area contributed by atoms with Crippen molar-refractivity contribution < 1.29 is 28.2 Å². The maximum atomic E-state index is 13.8. The summed E-state index contributed by atoms with van der Waals surface area (Å²) in [5.74, 6) is -1.65. The number of nitrogens with zero attached hydrogens (tertiary/aromatic N) is 2. The maximum absolute atomic E-state index is 13.8. The van der Waals surface area contributed by atoms with Crippen LogP contribution in [0.5, 0.6) is 5.75 Å². The molecule has 8 heteroatoms. The maximum Gasteiger partial charge on any atom is 0.309 e. The number of esters is 1. The molecule has 2 amide bonds. The van der Waals surface area contributed by atoms with E-state index in [4.69, 9.17) is 9.47 Å². The summed E-state index contributed by atoms with van der Waals surface area (Å²) in [6, 6.07) is 14.0. The van der Waals surface area contributed by atoms with Crippen molar-refractivity contribution in [2.24, 2.45) is 5.92 Å². The average Bonchev–Trinajstić information content (AvgIpc) is 2.86. The normalized spacial score (nSPS) is 14.1. The zero-order valence-electron chi connectivity index (χ0n) is 19.4. The zero-order chi connectivity index (χ0) is 24.5. The number of halogens is 1. The molecule has 2 aromatic rings. The highest BCUT2D eigenvalue weighted by Gasteiger charge is 2.28. The van der Waals surface area contributed by atoms with Gasteiger partial charge in [-0.1, -0.05) is 36.4 Å². The molecule has 0 aliphatic carbocycles. The fraction of sp³-hybridized carbons (Fsp3) is 0.346. The Balaban J connectivity index is 1.40. The van der Waals surface area contributed by atoms with E-state index in [1.54, 1.807) is 24.1 Å². The summed E-state index contributed by atoms with van der Waals surface area (Å²) in [6.45, 7) is 0.699. The monoisotopic (exact) mass is 468 g/mol. The van der Waals surface area contributed by atoms with Crippen molar-refractivity contribution in [1.29, 1.82) is 0 Å². The summed E-state index contributed by atoms with van der Waals surface area (Å²) >= 11 is 0. The fourth-order valence-corrected chi connectivity index (χ4v) is 3.70. The molecule has 0 spiro atoms. The van der Waals surface area contributed by atoms with Gasteiger partial charge in [-0.25, -0.2) is 4.39 Å². The molecule has 3 rings (SSSR count). The van der Waals surface area contributed by atoms with E-state index in [-0.39, 0.29) is 36.6 Å². The summed E-state index contributed by atoms with van der Waals surface area (Å²) in [5, 5.41) is 0. The van der Waals surface area contributed by atoms with Crippen LogP contribution in [0.2, 0.25) is 0 Å². The highest BCUT2D eigenvalue weighted by Crippen LogP contribution is 2.20. The van der Waals surface area contributed by atoms with Crippen LogP contribution in [0.4, 0.5) is 4.39 Å². The van der Waals surface area contributed by atoms with Crippen molar-refractivity contribution in [1.82, 2.24) is 9.80 Å². The molecule has 0 bridgehead atoms. The Morgan fingerprint density at radius 2 is 1.82 bits per heavy atom. The van der Waals surface area contributed by atoms with E-state index >= 15 is 0 Å². The molecule has 34 heavy (non-hydrogen) atoms. The molecule has 0 atom stereocenters. The van der Waals surface area contributed by atoms with E-state index in [9.17, 15) is 18.8 Å². The van der Waals surface area contributed by atoms with E-state index in [0.717, 1.165) is 5.56 Å². The molecule has 180 valence electrons. The second-order valence-corrected chi connectivity index (χ2v) is 8.17. The second-order valence-electron chi connectivity index (χ2n) is 8.17. The Morgan fingerprint density at radius 1 is 1.12 bits per heavy atom. The van der Waals surface area contributed by atoms with Crippen molar-refractivity contribution in [3.63, 3.8) is 0 Å². The molecule has 1 fully saturated rings. The number of ether oxygens (including phenoxy) is 2. The molecule has 0 saturated carbocycles. The first-order valence-electron chi connectivity index (χ1n) is 11.1. The van der Waals surface area contributed by atoms with Crippen LogP contribution in [0.15, 0.2) is 54.6 Å². The Kier molecular flexibility index (Phi) is 8.79. The smallest absolute Gasteiger partial charge is 0.309 e. The van der Waals surface area contributed by atoms with Crippen molar-refractivity contribution in [3.8, 4) is 5.75 Å². The minimum Gasteiger partial charge on any atom is -0.494 e. The summed E-state index contributed by atoms with van der Waals surface area (Å²) in [5.41, 5.74) is 1.54. The zero-order valence-corrected chi connectivity index (χ0v) is 19.4. The predicted molar refractivity (Wildman–Crippen MR) is 125 cm³/mol. The number of likely N-dealkylation sites (tertiary alicyclic amines) is 1. The van der Waals surface area contributed by atoms with Gasteiger partial charge in [0.1, 0.15) is 0 Å². The third-order valence-electron chi connectivity index (χ3n) is 5.76. The first kappa shape index (κ1) is 25.0. The van der Waals surface area contributed by atoms with Crippen molar-refractivity contribution in [3.05, 3.63) is 71.6 Å². The van der Waals surface area contributed by atoms with Crippen LogP contribution in [-0.4, -0.2) is 61.4 Å². The van der Waals surface area contributed by atoms with Crippen molar-refractivity contribution in [2.75, 3.05) is 33.9 Å². The minimum atomic E-state index is -0.507. The Morgan fingerprint density at radius 3 is 2.47 bits per heavy atom. The molecule has 0 N–H and O–H groups in total. The molecular weight excluding hydrogens is 439 g/mol. The molecular formula is C26H29FN2O5. The lowest BCUT2D eigenvalue weighted by Gasteiger charge is -2.30. The number of methoxy groups -OCH3 is 1. The number of benzene rings is 2. The molecule has 1 aliphatic heterocycles. The highest BCUT2D eigenvalue weighted by atomic mass is 19.1. The quantitative estimate of drug-likeness (QED) is 0.439. The van der Waals surface area contributed by atoms with Gasteiger partial charge in [0.25, 0.3) is 5.91 Å². The molecule has 0 radical (unpaired) electrons. The number of carbonyl (C=O) groups excluding carboxylic acids is 3. The lowest BCUT2D eigenvalue weighted by molar-refractivity contribution is -0.157. The van der Waals surface area contributed by atoms with Gasteiger partial charge in [0, 0.05) is 32.8 Å².